The lowest BCUT2D eigenvalue weighted by molar-refractivity contribution is 0.0600. The van der Waals surface area contributed by atoms with Gasteiger partial charge in [0.2, 0.25) is 0 Å². The van der Waals surface area contributed by atoms with E-state index in [-0.39, 0.29) is 22.1 Å². The van der Waals surface area contributed by atoms with Crippen molar-refractivity contribution < 1.29 is 27.4 Å². The SMILES string of the molecule is COC(=O)c1cccc(S(=O)(=O)Nc2nc3ccccc3nc2Nc2cc(OC)ccc2OC)c1. The zero-order valence-corrected chi connectivity index (χ0v) is 19.9. The summed E-state index contributed by atoms with van der Waals surface area (Å²) in [5.74, 6) is 0.490. The molecule has 11 heteroatoms. The average Bonchev–Trinajstić information content (AvgIpc) is 2.88. The summed E-state index contributed by atoms with van der Waals surface area (Å²) < 4.78 is 44.3. The van der Waals surface area contributed by atoms with Gasteiger partial charge in [-0.3, -0.25) is 4.72 Å². The summed E-state index contributed by atoms with van der Waals surface area (Å²) in [5, 5.41) is 3.09. The number of fused-ring (bicyclic) bond motifs is 1. The van der Waals surface area contributed by atoms with Crippen molar-refractivity contribution >= 4 is 44.3 Å². The Morgan fingerprint density at radius 3 is 2.20 bits per heavy atom. The normalized spacial score (nSPS) is 11.1. The van der Waals surface area contributed by atoms with Crippen LogP contribution in [0.25, 0.3) is 11.0 Å². The summed E-state index contributed by atoms with van der Waals surface area (Å²) in [6, 6.07) is 17.7. The van der Waals surface area contributed by atoms with Crippen LogP contribution in [-0.2, 0) is 14.8 Å². The number of nitrogens with zero attached hydrogens (tertiary/aromatic N) is 2. The van der Waals surface area contributed by atoms with Gasteiger partial charge in [-0.15, -0.1) is 0 Å². The molecule has 0 fully saturated rings. The Bertz CT molecular complexity index is 1510. The second kappa shape index (κ2) is 9.85. The first-order valence-corrected chi connectivity index (χ1v) is 11.8. The van der Waals surface area contributed by atoms with Crippen molar-refractivity contribution in [2.24, 2.45) is 0 Å². The molecule has 180 valence electrons. The quantitative estimate of drug-likeness (QED) is 0.349. The van der Waals surface area contributed by atoms with Crippen LogP contribution in [0.2, 0.25) is 0 Å². The minimum absolute atomic E-state index is 0.0444. The third kappa shape index (κ3) is 5.09. The summed E-state index contributed by atoms with van der Waals surface area (Å²) >= 11 is 0. The summed E-state index contributed by atoms with van der Waals surface area (Å²) in [6.45, 7) is 0. The van der Waals surface area contributed by atoms with Crippen LogP contribution in [0.3, 0.4) is 0 Å². The maximum Gasteiger partial charge on any atom is 0.337 e. The number of nitrogens with one attached hydrogen (secondary N) is 2. The number of ether oxygens (including phenoxy) is 3. The zero-order valence-electron chi connectivity index (χ0n) is 19.1. The first-order valence-electron chi connectivity index (χ1n) is 10.3. The Balaban J connectivity index is 1.79. The van der Waals surface area contributed by atoms with Crippen molar-refractivity contribution in [2.45, 2.75) is 4.90 Å². The molecule has 35 heavy (non-hydrogen) atoms. The highest BCUT2D eigenvalue weighted by Crippen LogP contribution is 2.34. The monoisotopic (exact) mass is 494 g/mol. The van der Waals surface area contributed by atoms with Crippen molar-refractivity contribution in [3.05, 3.63) is 72.3 Å². The second-order valence-electron chi connectivity index (χ2n) is 7.23. The molecule has 2 N–H and O–H groups in total. The number of rotatable bonds is 8. The van der Waals surface area contributed by atoms with Gasteiger partial charge in [-0.1, -0.05) is 18.2 Å². The van der Waals surface area contributed by atoms with E-state index in [2.05, 4.69) is 24.7 Å². The van der Waals surface area contributed by atoms with Gasteiger partial charge in [0.15, 0.2) is 11.6 Å². The molecule has 0 aliphatic heterocycles. The molecule has 0 unspecified atom stereocenters. The van der Waals surface area contributed by atoms with Gasteiger partial charge in [0, 0.05) is 6.07 Å². The Morgan fingerprint density at radius 1 is 0.829 bits per heavy atom. The topological polar surface area (TPSA) is 129 Å². The van der Waals surface area contributed by atoms with Crippen LogP contribution in [0.4, 0.5) is 17.3 Å². The summed E-state index contributed by atoms with van der Waals surface area (Å²) in [4.78, 5) is 20.8. The number of methoxy groups -OCH3 is 3. The van der Waals surface area contributed by atoms with Gasteiger partial charge in [-0.25, -0.2) is 23.2 Å². The molecular formula is C24H22N4O6S. The Kier molecular flexibility index (Phi) is 6.69. The molecule has 0 bridgehead atoms. The predicted molar refractivity (Wildman–Crippen MR) is 131 cm³/mol. The molecule has 0 radical (unpaired) electrons. The number of anilines is 3. The summed E-state index contributed by atoms with van der Waals surface area (Å²) in [7, 11) is 0.116. The minimum Gasteiger partial charge on any atom is -0.497 e. The first-order chi connectivity index (χ1) is 16.8. The van der Waals surface area contributed by atoms with Gasteiger partial charge >= 0.3 is 5.97 Å². The van der Waals surface area contributed by atoms with Crippen molar-refractivity contribution in [2.75, 3.05) is 31.4 Å². The van der Waals surface area contributed by atoms with Crippen LogP contribution in [0.15, 0.2) is 71.6 Å². The largest absolute Gasteiger partial charge is 0.497 e. The van der Waals surface area contributed by atoms with Crippen LogP contribution in [0.1, 0.15) is 10.4 Å². The fourth-order valence-electron chi connectivity index (χ4n) is 3.29. The van der Waals surface area contributed by atoms with Gasteiger partial charge in [-0.05, 0) is 42.5 Å². The molecule has 1 aromatic heterocycles. The van der Waals surface area contributed by atoms with Crippen molar-refractivity contribution in [1.82, 2.24) is 9.97 Å². The molecule has 0 spiro atoms. The maximum absolute atomic E-state index is 13.2. The molecule has 4 rings (SSSR count). The van der Waals surface area contributed by atoms with Crippen molar-refractivity contribution in [1.29, 1.82) is 0 Å². The molecule has 1 heterocycles. The molecule has 3 aromatic carbocycles. The predicted octanol–water partition coefficient (Wildman–Crippen LogP) is 3.98. The number of carbonyl (C=O) groups is 1. The van der Waals surface area contributed by atoms with Gasteiger partial charge < -0.3 is 19.5 Å². The van der Waals surface area contributed by atoms with E-state index >= 15 is 0 Å². The Morgan fingerprint density at radius 2 is 1.54 bits per heavy atom. The third-order valence-corrected chi connectivity index (χ3v) is 6.36. The number of carbonyl (C=O) groups excluding carboxylic acids is 1. The van der Waals surface area contributed by atoms with Crippen LogP contribution >= 0.6 is 0 Å². The van der Waals surface area contributed by atoms with Crippen LogP contribution < -0.4 is 19.5 Å². The molecular weight excluding hydrogens is 472 g/mol. The first kappa shape index (κ1) is 23.8. The molecule has 0 atom stereocenters. The lowest BCUT2D eigenvalue weighted by atomic mass is 10.2. The van der Waals surface area contributed by atoms with E-state index in [1.165, 1.54) is 45.6 Å². The standard InChI is InChI=1S/C24H22N4O6S/c1-32-16-11-12-21(33-2)20(14-16)27-22-23(26-19-10-5-4-9-18(19)25-22)28-35(30,31)17-8-6-7-15(13-17)24(29)34-3/h4-14H,1-3H3,(H,25,27)(H,26,28). The Labute approximate surface area is 201 Å². The third-order valence-electron chi connectivity index (χ3n) is 5.03. The number of sulfonamides is 1. The van der Waals surface area contributed by atoms with E-state index in [0.29, 0.717) is 28.2 Å². The molecule has 0 saturated heterocycles. The molecule has 0 aliphatic rings. The van der Waals surface area contributed by atoms with E-state index in [9.17, 15) is 13.2 Å². The van der Waals surface area contributed by atoms with Gasteiger partial charge in [0.1, 0.15) is 11.5 Å². The number of para-hydroxylation sites is 2. The average molecular weight is 495 g/mol. The molecule has 4 aromatic rings. The van der Waals surface area contributed by atoms with E-state index in [1.807, 2.05) is 0 Å². The summed E-state index contributed by atoms with van der Waals surface area (Å²) in [6.07, 6.45) is 0. The van der Waals surface area contributed by atoms with Crippen molar-refractivity contribution in [3.8, 4) is 11.5 Å². The number of esters is 1. The molecule has 0 amide bonds. The number of benzene rings is 3. The maximum atomic E-state index is 13.2. The molecule has 10 nitrogen and oxygen atoms in total. The van der Waals surface area contributed by atoms with E-state index < -0.39 is 16.0 Å². The number of hydrogen-bond acceptors (Lipinski definition) is 9. The van der Waals surface area contributed by atoms with Gasteiger partial charge in [-0.2, -0.15) is 0 Å². The number of hydrogen-bond donors (Lipinski definition) is 2. The van der Waals surface area contributed by atoms with E-state index in [0.717, 1.165) is 0 Å². The fourth-order valence-corrected chi connectivity index (χ4v) is 4.35. The lowest BCUT2D eigenvalue weighted by Crippen LogP contribution is -2.16. The van der Waals surface area contributed by atoms with E-state index in [4.69, 9.17) is 9.47 Å². The van der Waals surface area contributed by atoms with Crippen molar-refractivity contribution in [3.63, 3.8) is 0 Å². The molecule has 0 aliphatic carbocycles. The Hall–Kier alpha value is -4.38. The highest BCUT2D eigenvalue weighted by Gasteiger charge is 2.21. The highest BCUT2D eigenvalue weighted by atomic mass is 32.2. The summed E-state index contributed by atoms with van der Waals surface area (Å²) in [5.41, 5.74) is 1.62. The lowest BCUT2D eigenvalue weighted by Gasteiger charge is -2.16. The number of aromatic nitrogens is 2. The van der Waals surface area contributed by atoms with Gasteiger partial charge in [0.25, 0.3) is 10.0 Å². The second-order valence-corrected chi connectivity index (χ2v) is 8.91. The molecule has 0 saturated carbocycles. The van der Waals surface area contributed by atoms with Crippen LogP contribution in [-0.4, -0.2) is 45.7 Å². The smallest absolute Gasteiger partial charge is 0.337 e. The highest BCUT2D eigenvalue weighted by molar-refractivity contribution is 7.92. The zero-order chi connectivity index (χ0) is 25.0. The van der Waals surface area contributed by atoms with E-state index in [1.54, 1.807) is 42.5 Å². The minimum atomic E-state index is -4.15. The van der Waals surface area contributed by atoms with Gasteiger partial charge in [0.05, 0.1) is 48.5 Å². The van der Waals surface area contributed by atoms with Crippen LogP contribution in [0.5, 0.6) is 11.5 Å². The fraction of sp³-hybridized carbons (Fsp3) is 0.125. The van der Waals surface area contributed by atoms with Crippen LogP contribution in [0, 0.1) is 0 Å².